The summed E-state index contributed by atoms with van der Waals surface area (Å²) in [4.78, 5) is 45.4. The number of aromatic nitrogens is 3. The third-order valence-electron chi connectivity index (χ3n) is 5.43. The molecule has 2 atom stereocenters. The molecule has 1 saturated heterocycles. The molecule has 2 aromatic heterocycles. The van der Waals surface area contributed by atoms with Gasteiger partial charge in [-0.2, -0.15) is 5.10 Å². The Morgan fingerprint density at radius 1 is 0.971 bits per heavy atom. The number of benzene rings is 1. The van der Waals surface area contributed by atoms with Gasteiger partial charge in [-0.25, -0.2) is 0 Å². The Labute approximate surface area is 196 Å². The molecule has 0 saturated carbocycles. The van der Waals surface area contributed by atoms with Crippen molar-refractivity contribution in [3.05, 3.63) is 71.7 Å². The Morgan fingerprint density at radius 3 is 2.24 bits per heavy atom. The van der Waals surface area contributed by atoms with E-state index in [1.165, 1.54) is 18.2 Å². The van der Waals surface area contributed by atoms with E-state index < -0.39 is 29.4 Å². The van der Waals surface area contributed by atoms with Crippen LogP contribution in [-0.4, -0.2) is 45.9 Å². The monoisotopic (exact) mass is 460 g/mol. The molecule has 1 aliphatic rings. The highest BCUT2D eigenvalue weighted by Crippen LogP contribution is 2.40. The van der Waals surface area contributed by atoms with Gasteiger partial charge < -0.3 is 9.47 Å². The molecule has 2 unspecified atom stereocenters. The number of hydrogen-bond acceptors (Lipinski definition) is 8. The van der Waals surface area contributed by atoms with Gasteiger partial charge >= 0.3 is 0 Å². The Balaban J connectivity index is 1.79. The smallest absolute Gasteiger partial charge is 0.297 e. The van der Waals surface area contributed by atoms with Crippen molar-refractivity contribution in [3.63, 3.8) is 0 Å². The maximum atomic E-state index is 13.5. The molecule has 1 aromatic carbocycles. The van der Waals surface area contributed by atoms with Crippen LogP contribution in [-0.2, 0) is 9.59 Å². The zero-order valence-electron chi connectivity index (χ0n) is 19.3. The van der Waals surface area contributed by atoms with Gasteiger partial charge in [0.1, 0.15) is 17.4 Å². The lowest BCUT2D eigenvalue weighted by atomic mass is 9.88. The SMILES string of the molecule is COc1ccc(C(=O)C2C(=O)C(=O)N(c3ccc(C)nn3)C2c2ccc(OC(C)C)cn2)cc1. The van der Waals surface area contributed by atoms with Crippen molar-refractivity contribution >= 4 is 23.3 Å². The van der Waals surface area contributed by atoms with Crippen LogP contribution in [0.5, 0.6) is 11.5 Å². The van der Waals surface area contributed by atoms with E-state index in [0.717, 1.165) is 0 Å². The first-order valence-electron chi connectivity index (χ1n) is 10.8. The summed E-state index contributed by atoms with van der Waals surface area (Å²) >= 11 is 0. The molecule has 9 nitrogen and oxygen atoms in total. The molecule has 0 spiro atoms. The fourth-order valence-corrected chi connectivity index (χ4v) is 3.85. The first-order valence-corrected chi connectivity index (χ1v) is 10.8. The van der Waals surface area contributed by atoms with E-state index >= 15 is 0 Å². The van der Waals surface area contributed by atoms with Gasteiger partial charge in [-0.3, -0.25) is 24.3 Å². The average molecular weight is 460 g/mol. The van der Waals surface area contributed by atoms with Crippen LogP contribution >= 0.6 is 0 Å². The van der Waals surface area contributed by atoms with Crippen molar-refractivity contribution in [2.75, 3.05) is 12.0 Å². The van der Waals surface area contributed by atoms with Crippen LogP contribution in [0.3, 0.4) is 0 Å². The van der Waals surface area contributed by atoms with Gasteiger partial charge in [0.2, 0.25) is 5.78 Å². The maximum Gasteiger partial charge on any atom is 0.297 e. The Bertz CT molecular complexity index is 1210. The maximum absolute atomic E-state index is 13.5. The first-order chi connectivity index (χ1) is 16.3. The van der Waals surface area contributed by atoms with Crippen molar-refractivity contribution in [1.29, 1.82) is 0 Å². The fraction of sp³-hybridized carbons (Fsp3) is 0.280. The van der Waals surface area contributed by atoms with Gasteiger partial charge in [0.05, 0.1) is 36.8 Å². The predicted molar refractivity (Wildman–Crippen MR) is 123 cm³/mol. The highest BCUT2D eigenvalue weighted by atomic mass is 16.5. The number of hydrogen-bond donors (Lipinski definition) is 0. The van der Waals surface area contributed by atoms with E-state index in [9.17, 15) is 14.4 Å². The minimum absolute atomic E-state index is 0.0500. The lowest BCUT2D eigenvalue weighted by Gasteiger charge is -2.25. The lowest BCUT2D eigenvalue weighted by molar-refractivity contribution is -0.135. The van der Waals surface area contributed by atoms with Gasteiger partial charge in [-0.1, -0.05) is 0 Å². The molecule has 1 amide bonds. The summed E-state index contributed by atoms with van der Waals surface area (Å²) in [5.41, 5.74) is 1.30. The third kappa shape index (κ3) is 4.36. The number of carbonyl (C=O) groups is 3. The van der Waals surface area contributed by atoms with Gasteiger partial charge in [0, 0.05) is 5.56 Å². The number of Topliss-reactive ketones (excluding diaryl/α,β-unsaturated/α-hetero) is 2. The van der Waals surface area contributed by atoms with Gasteiger partial charge in [0.15, 0.2) is 11.6 Å². The molecule has 0 radical (unpaired) electrons. The standard InChI is InChI=1S/C25H24N4O5/c1-14(2)34-18-10-11-19(26-13-18)22-21(23(30)16-6-8-17(33-4)9-7-16)24(31)25(32)29(22)20-12-5-15(3)27-28-20/h5-14,21-22H,1-4H3. The quantitative estimate of drug-likeness (QED) is 0.300. The molecular formula is C25H24N4O5. The number of methoxy groups -OCH3 is 1. The van der Waals surface area contributed by atoms with Crippen LogP contribution in [0.2, 0.25) is 0 Å². The number of amides is 1. The summed E-state index contributed by atoms with van der Waals surface area (Å²) in [7, 11) is 1.52. The van der Waals surface area contributed by atoms with E-state index in [1.54, 1.807) is 55.5 Å². The average Bonchev–Trinajstić information content (AvgIpc) is 3.10. The van der Waals surface area contributed by atoms with Crippen LogP contribution in [0.1, 0.15) is 41.6 Å². The molecule has 174 valence electrons. The van der Waals surface area contributed by atoms with Crippen LogP contribution < -0.4 is 14.4 Å². The topological polar surface area (TPSA) is 112 Å². The molecule has 4 rings (SSSR count). The summed E-state index contributed by atoms with van der Waals surface area (Å²) in [5.74, 6) is -2.17. The molecule has 1 aliphatic heterocycles. The molecular weight excluding hydrogens is 436 g/mol. The highest BCUT2D eigenvalue weighted by molar-refractivity contribution is 6.48. The largest absolute Gasteiger partial charge is 0.497 e. The number of nitrogens with zero attached hydrogens (tertiary/aromatic N) is 4. The zero-order valence-corrected chi connectivity index (χ0v) is 19.3. The number of rotatable bonds is 7. The first kappa shape index (κ1) is 23.0. The normalized spacial score (nSPS) is 17.9. The second-order valence-corrected chi connectivity index (χ2v) is 8.17. The van der Waals surface area contributed by atoms with Crippen molar-refractivity contribution in [2.24, 2.45) is 5.92 Å². The Kier molecular flexibility index (Phi) is 6.36. The summed E-state index contributed by atoms with van der Waals surface area (Å²) in [5, 5.41) is 8.10. The second kappa shape index (κ2) is 9.38. The molecule has 0 aliphatic carbocycles. The number of carbonyl (C=O) groups excluding carboxylic acids is 3. The van der Waals surface area contributed by atoms with Crippen molar-refractivity contribution in [1.82, 2.24) is 15.2 Å². The van der Waals surface area contributed by atoms with Crippen LogP contribution in [0.25, 0.3) is 0 Å². The number of ketones is 2. The van der Waals surface area contributed by atoms with Gasteiger partial charge in [-0.05, 0) is 69.3 Å². The summed E-state index contributed by atoms with van der Waals surface area (Å²) < 4.78 is 10.8. The third-order valence-corrected chi connectivity index (χ3v) is 5.43. The minimum atomic E-state index is -1.30. The molecule has 9 heteroatoms. The molecule has 3 heterocycles. The van der Waals surface area contributed by atoms with Crippen molar-refractivity contribution < 1.29 is 23.9 Å². The van der Waals surface area contributed by atoms with Gasteiger partial charge in [-0.15, -0.1) is 5.10 Å². The van der Waals surface area contributed by atoms with Crippen LogP contribution in [0, 0.1) is 12.8 Å². The van der Waals surface area contributed by atoms with E-state index in [-0.39, 0.29) is 17.5 Å². The summed E-state index contributed by atoms with van der Waals surface area (Å²) in [6, 6.07) is 12.0. The lowest BCUT2D eigenvalue weighted by Crippen LogP contribution is -2.32. The molecule has 0 N–H and O–H groups in total. The number of ether oxygens (including phenoxy) is 2. The second-order valence-electron chi connectivity index (χ2n) is 8.17. The minimum Gasteiger partial charge on any atom is -0.497 e. The highest BCUT2D eigenvalue weighted by Gasteiger charge is 2.53. The summed E-state index contributed by atoms with van der Waals surface area (Å²) in [6.07, 6.45) is 1.46. The van der Waals surface area contributed by atoms with E-state index in [4.69, 9.17) is 9.47 Å². The van der Waals surface area contributed by atoms with E-state index in [2.05, 4.69) is 15.2 Å². The van der Waals surface area contributed by atoms with Crippen LogP contribution in [0.4, 0.5) is 5.82 Å². The molecule has 34 heavy (non-hydrogen) atoms. The zero-order chi connectivity index (χ0) is 24.4. The molecule has 0 bridgehead atoms. The van der Waals surface area contributed by atoms with Crippen molar-refractivity contribution in [2.45, 2.75) is 32.9 Å². The van der Waals surface area contributed by atoms with E-state index in [0.29, 0.717) is 22.9 Å². The number of aryl methyl sites for hydroxylation is 1. The predicted octanol–water partition coefficient (Wildman–Crippen LogP) is 3.13. The molecule has 1 fully saturated rings. The molecule has 3 aromatic rings. The Hall–Kier alpha value is -4.14. The number of anilines is 1. The van der Waals surface area contributed by atoms with Gasteiger partial charge in [0.25, 0.3) is 5.91 Å². The van der Waals surface area contributed by atoms with Crippen LogP contribution in [0.15, 0.2) is 54.7 Å². The van der Waals surface area contributed by atoms with E-state index in [1.807, 2.05) is 13.8 Å². The summed E-state index contributed by atoms with van der Waals surface area (Å²) in [6.45, 7) is 5.54. The Morgan fingerprint density at radius 2 is 1.68 bits per heavy atom. The number of pyridine rings is 1. The fourth-order valence-electron chi connectivity index (χ4n) is 3.85. The van der Waals surface area contributed by atoms with Crippen molar-refractivity contribution in [3.8, 4) is 11.5 Å².